The van der Waals surface area contributed by atoms with E-state index in [-0.39, 0.29) is 16.7 Å². The van der Waals surface area contributed by atoms with Crippen LogP contribution in [0.15, 0.2) is 30.3 Å². The molecule has 0 aliphatic rings. The molecule has 17 heavy (non-hydrogen) atoms. The highest BCUT2D eigenvalue weighted by Gasteiger charge is 2.10. The summed E-state index contributed by atoms with van der Waals surface area (Å²) >= 11 is 4.91. The normalized spacial score (nSPS) is 10.2. The number of ether oxygens (including phenoxy) is 1. The number of hydrogen-bond acceptors (Lipinski definition) is 4. The predicted octanol–water partition coefficient (Wildman–Crippen LogP) is 2.13. The molecule has 2 aromatic carbocycles. The number of fused-ring (bicyclic) bond motifs is 1. The number of aromatic hydroxyl groups is 2. The summed E-state index contributed by atoms with van der Waals surface area (Å²) in [4.78, 5) is 0. The highest BCUT2D eigenvalue weighted by atomic mass is 32.1. The van der Waals surface area contributed by atoms with E-state index in [1.807, 2.05) is 0 Å². The van der Waals surface area contributed by atoms with Crippen molar-refractivity contribution in [3.05, 3.63) is 30.3 Å². The minimum atomic E-state index is 0.000765. The maximum atomic E-state index is 9.70. The summed E-state index contributed by atoms with van der Waals surface area (Å²) in [7, 11) is 1.66. The monoisotopic (exact) mass is 249 g/mol. The molecule has 0 aromatic heterocycles. The van der Waals surface area contributed by atoms with E-state index in [0.717, 1.165) is 0 Å². The van der Waals surface area contributed by atoms with Gasteiger partial charge in [0.25, 0.3) is 5.17 Å². The van der Waals surface area contributed by atoms with Gasteiger partial charge in [-0.3, -0.25) is 0 Å². The van der Waals surface area contributed by atoms with Gasteiger partial charge in [-0.25, -0.2) is 0 Å². The second kappa shape index (κ2) is 4.47. The maximum absolute atomic E-state index is 9.70. The molecule has 0 unspecified atom stereocenters. The fourth-order valence-electron chi connectivity index (χ4n) is 1.58. The molecule has 0 aliphatic heterocycles. The highest BCUT2D eigenvalue weighted by Crippen LogP contribution is 2.37. The molecule has 2 aromatic rings. The van der Waals surface area contributed by atoms with Crippen molar-refractivity contribution in [1.82, 2.24) is 5.32 Å². The van der Waals surface area contributed by atoms with Gasteiger partial charge in [0.2, 0.25) is 0 Å². The van der Waals surface area contributed by atoms with E-state index in [1.54, 1.807) is 25.2 Å². The van der Waals surface area contributed by atoms with Crippen molar-refractivity contribution in [3.8, 4) is 17.2 Å². The Morgan fingerprint density at radius 1 is 1.18 bits per heavy atom. The van der Waals surface area contributed by atoms with Gasteiger partial charge in [-0.2, -0.15) is 0 Å². The molecular weight excluding hydrogens is 238 g/mol. The molecule has 0 heterocycles. The third-order valence-corrected chi connectivity index (χ3v) is 2.65. The van der Waals surface area contributed by atoms with Gasteiger partial charge in [0, 0.05) is 12.4 Å². The van der Waals surface area contributed by atoms with Crippen molar-refractivity contribution in [2.45, 2.75) is 0 Å². The molecule has 0 bridgehead atoms. The Bertz CT molecular complexity index is 575. The zero-order chi connectivity index (χ0) is 12.4. The van der Waals surface area contributed by atoms with Crippen molar-refractivity contribution in [2.75, 3.05) is 7.05 Å². The molecule has 2 rings (SSSR count). The van der Waals surface area contributed by atoms with Crippen LogP contribution in [0.25, 0.3) is 10.8 Å². The molecule has 3 N–H and O–H groups in total. The minimum absolute atomic E-state index is 0.000765. The summed E-state index contributed by atoms with van der Waals surface area (Å²) in [6.45, 7) is 0. The molecule has 0 spiro atoms. The second-order valence-corrected chi connectivity index (χ2v) is 3.79. The lowest BCUT2D eigenvalue weighted by Crippen LogP contribution is -2.21. The van der Waals surface area contributed by atoms with Crippen molar-refractivity contribution in [2.24, 2.45) is 0 Å². The fraction of sp³-hybridized carbons (Fsp3) is 0.0833. The summed E-state index contributed by atoms with van der Waals surface area (Å²) in [5, 5.41) is 23.3. The Balaban J connectivity index is 2.62. The first kappa shape index (κ1) is 11.5. The van der Waals surface area contributed by atoms with Gasteiger partial charge < -0.3 is 20.3 Å². The summed E-state index contributed by atoms with van der Waals surface area (Å²) in [5.74, 6) is 0.481. The zero-order valence-electron chi connectivity index (χ0n) is 9.10. The van der Waals surface area contributed by atoms with Crippen molar-refractivity contribution in [1.29, 1.82) is 0 Å². The molecule has 0 amide bonds. The Labute approximate surface area is 103 Å². The SMILES string of the molecule is CNC(=S)Oc1ccc(O)c2c(O)cccc12. The molecule has 88 valence electrons. The second-order valence-electron chi connectivity index (χ2n) is 3.42. The summed E-state index contributed by atoms with van der Waals surface area (Å²) in [5.41, 5.74) is 0. The first-order chi connectivity index (χ1) is 8.13. The van der Waals surface area contributed by atoms with Gasteiger partial charge in [0.05, 0.1) is 5.39 Å². The van der Waals surface area contributed by atoms with Crippen LogP contribution in [-0.2, 0) is 0 Å². The molecular formula is C12H11NO3S. The quantitative estimate of drug-likeness (QED) is 0.676. The van der Waals surface area contributed by atoms with Crippen LogP contribution in [0.2, 0.25) is 0 Å². The Hall–Kier alpha value is -2.01. The summed E-state index contributed by atoms with van der Waals surface area (Å²) in [6.07, 6.45) is 0. The van der Waals surface area contributed by atoms with Crippen molar-refractivity contribution >= 4 is 28.2 Å². The number of phenols is 2. The van der Waals surface area contributed by atoms with E-state index >= 15 is 0 Å². The number of nitrogens with one attached hydrogen (secondary N) is 1. The Morgan fingerprint density at radius 3 is 2.59 bits per heavy atom. The topological polar surface area (TPSA) is 61.7 Å². The van der Waals surface area contributed by atoms with Crippen LogP contribution < -0.4 is 10.1 Å². The number of phenolic OH excluding ortho intramolecular Hbond substituents is 2. The van der Waals surface area contributed by atoms with Crippen molar-refractivity contribution < 1.29 is 14.9 Å². The summed E-state index contributed by atoms with van der Waals surface area (Å²) < 4.78 is 5.38. The number of rotatable bonds is 1. The van der Waals surface area contributed by atoms with Crippen LogP contribution >= 0.6 is 12.2 Å². The molecule has 0 aliphatic carbocycles. The van der Waals surface area contributed by atoms with Crippen LogP contribution in [0.4, 0.5) is 0 Å². The van der Waals surface area contributed by atoms with Crippen LogP contribution in [0.3, 0.4) is 0 Å². The van der Waals surface area contributed by atoms with E-state index in [4.69, 9.17) is 17.0 Å². The lowest BCUT2D eigenvalue weighted by Gasteiger charge is -2.10. The van der Waals surface area contributed by atoms with Gasteiger partial charge in [-0.15, -0.1) is 0 Å². The molecule has 0 saturated carbocycles. The first-order valence-corrected chi connectivity index (χ1v) is 5.37. The molecule has 4 nitrogen and oxygen atoms in total. The van der Waals surface area contributed by atoms with Crippen LogP contribution in [0, 0.1) is 0 Å². The van der Waals surface area contributed by atoms with Gasteiger partial charge in [0.1, 0.15) is 17.2 Å². The maximum Gasteiger partial charge on any atom is 0.261 e. The average molecular weight is 249 g/mol. The van der Waals surface area contributed by atoms with E-state index in [2.05, 4.69) is 5.32 Å². The third kappa shape index (κ3) is 2.09. The Morgan fingerprint density at radius 2 is 1.88 bits per heavy atom. The van der Waals surface area contributed by atoms with Gasteiger partial charge in [-0.05, 0) is 30.4 Å². The van der Waals surface area contributed by atoms with E-state index in [0.29, 0.717) is 16.5 Å². The Kier molecular flexibility index (Phi) is 3.01. The van der Waals surface area contributed by atoms with Crippen LogP contribution in [-0.4, -0.2) is 22.4 Å². The fourth-order valence-corrected chi connectivity index (χ4v) is 1.67. The summed E-state index contributed by atoms with van der Waals surface area (Å²) in [6, 6.07) is 7.97. The molecule has 0 atom stereocenters. The lowest BCUT2D eigenvalue weighted by molar-refractivity contribution is 0.462. The van der Waals surface area contributed by atoms with Crippen LogP contribution in [0.1, 0.15) is 0 Å². The van der Waals surface area contributed by atoms with E-state index in [1.165, 1.54) is 12.1 Å². The van der Waals surface area contributed by atoms with Crippen molar-refractivity contribution in [3.63, 3.8) is 0 Å². The standard InChI is InChI=1S/C12H11NO3S/c1-13-12(17)16-10-6-5-9(15)11-7(10)3-2-4-8(11)14/h2-6,14-15H,1H3,(H,13,17). The number of benzene rings is 2. The van der Waals surface area contributed by atoms with Gasteiger partial charge >= 0.3 is 0 Å². The predicted molar refractivity (Wildman–Crippen MR) is 69.6 cm³/mol. The average Bonchev–Trinajstić information content (AvgIpc) is 2.32. The molecule has 0 radical (unpaired) electrons. The minimum Gasteiger partial charge on any atom is -0.507 e. The third-order valence-electron chi connectivity index (χ3n) is 2.36. The molecule has 5 heteroatoms. The number of thiocarbonyl (C=S) groups is 1. The lowest BCUT2D eigenvalue weighted by atomic mass is 10.1. The molecule has 0 saturated heterocycles. The van der Waals surface area contributed by atoms with E-state index < -0.39 is 0 Å². The first-order valence-electron chi connectivity index (χ1n) is 4.96. The smallest absolute Gasteiger partial charge is 0.261 e. The highest BCUT2D eigenvalue weighted by molar-refractivity contribution is 7.80. The van der Waals surface area contributed by atoms with Crippen LogP contribution in [0.5, 0.6) is 17.2 Å². The molecule has 0 fully saturated rings. The largest absolute Gasteiger partial charge is 0.507 e. The number of hydrogen-bond donors (Lipinski definition) is 3. The van der Waals surface area contributed by atoms with E-state index in [9.17, 15) is 10.2 Å². The van der Waals surface area contributed by atoms with Gasteiger partial charge in [0.15, 0.2) is 0 Å². The zero-order valence-corrected chi connectivity index (χ0v) is 9.91. The van der Waals surface area contributed by atoms with Gasteiger partial charge in [-0.1, -0.05) is 12.1 Å².